The number of nitrogens with one attached hydrogen (secondary N) is 2. The first-order valence-corrected chi connectivity index (χ1v) is 12.4. The molecule has 0 radical (unpaired) electrons. The minimum Gasteiger partial charge on any atom is -0.497 e. The van der Waals surface area contributed by atoms with Crippen molar-refractivity contribution in [2.24, 2.45) is 0 Å². The molecule has 200 valence electrons. The minimum absolute atomic E-state index is 0.130. The van der Waals surface area contributed by atoms with Crippen LogP contribution in [0.3, 0.4) is 0 Å². The molecule has 0 saturated heterocycles. The van der Waals surface area contributed by atoms with Gasteiger partial charge in [0.1, 0.15) is 11.4 Å². The summed E-state index contributed by atoms with van der Waals surface area (Å²) in [6.45, 7) is 0.528. The maximum absolute atomic E-state index is 13.0. The Labute approximate surface area is 229 Å². The van der Waals surface area contributed by atoms with Crippen molar-refractivity contribution in [3.8, 4) is 5.75 Å². The highest BCUT2D eigenvalue weighted by Crippen LogP contribution is 2.32. The Morgan fingerprint density at radius 3 is 2.69 bits per heavy atom. The first kappa shape index (κ1) is 26.0. The second-order valence-electron chi connectivity index (χ2n) is 8.85. The van der Waals surface area contributed by atoms with Crippen LogP contribution in [0.1, 0.15) is 17.3 Å². The average Bonchev–Trinajstić information content (AvgIpc) is 3.41. The van der Waals surface area contributed by atoms with E-state index in [1.807, 2.05) is 18.2 Å². The number of benzene rings is 2. The summed E-state index contributed by atoms with van der Waals surface area (Å²) in [6.07, 6.45) is 3.47. The van der Waals surface area contributed by atoms with Gasteiger partial charge in [0.2, 0.25) is 0 Å². The minimum atomic E-state index is -0.708. The van der Waals surface area contributed by atoms with Gasteiger partial charge in [0, 0.05) is 29.3 Å². The van der Waals surface area contributed by atoms with E-state index in [1.165, 1.54) is 12.0 Å². The van der Waals surface area contributed by atoms with Crippen LogP contribution in [0.25, 0.3) is 10.9 Å². The zero-order valence-electron chi connectivity index (χ0n) is 21.5. The number of amides is 2. The number of carbonyl (C=O) groups is 2. The van der Waals surface area contributed by atoms with Gasteiger partial charge < -0.3 is 20.1 Å². The third-order valence-electron chi connectivity index (χ3n) is 6.49. The van der Waals surface area contributed by atoms with E-state index >= 15 is 0 Å². The number of anilines is 1. The molecule has 2 aromatic carbocycles. The fourth-order valence-corrected chi connectivity index (χ4v) is 4.62. The third-order valence-corrected chi connectivity index (χ3v) is 6.73. The van der Waals surface area contributed by atoms with E-state index in [0.717, 1.165) is 16.6 Å². The Balaban J connectivity index is 1.40. The van der Waals surface area contributed by atoms with Crippen molar-refractivity contribution in [2.45, 2.75) is 19.1 Å². The first-order chi connectivity index (χ1) is 18.9. The summed E-state index contributed by atoms with van der Waals surface area (Å²) in [7, 11) is 4.48. The number of esters is 1. The highest BCUT2D eigenvalue weighted by atomic mass is 35.5. The summed E-state index contributed by atoms with van der Waals surface area (Å²) in [5.41, 5.74) is 3.80. The lowest BCUT2D eigenvalue weighted by atomic mass is 9.94. The number of pyridine rings is 1. The summed E-state index contributed by atoms with van der Waals surface area (Å²) < 4.78 is 11.9. The van der Waals surface area contributed by atoms with Crippen LogP contribution in [0.2, 0.25) is 5.02 Å². The average molecular weight is 548 g/mol. The molecule has 12 heteroatoms. The summed E-state index contributed by atoms with van der Waals surface area (Å²) in [5, 5.41) is 16.3. The van der Waals surface area contributed by atoms with Crippen molar-refractivity contribution in [3.63, 3.8) is 0 Å². The Hall–Kier alpha value is -4.64. The molecule has 1 aliphatic rings. The van der Waals surface area contributed by atoms with Crippen molar-refractivity contribution in [1.29, 1.82) is 0 Å². The van der Waals surface area contributed by atoms with Crippen LogP contribution in [0.5, 0.6) is 5.75 Å². The molecule has 0 bridgehead atoms. The van der Waals surface area contributed by atoms with Gasteiger partial charge in [-0.2, -0.15) is 0 Å². The molecule has 2 aromatic heterocycles. The molecular formula is C27H26ClN7O4. The van der Waals surface area contributed by atoms with Gasteiger partial charge in [0.05, 0.1) is 56.3 Å². The van der Waals surface area contributed by atoms with Gasteiger partial charge >= 0.3 is 12.0 Å². The van der Waals surface area contributed by atoms with Crippen LogP contribution in [-0.2, 0) is 22.6 Å². The monoisotopic (exact) mass is 547 g/mol. The summed E-state index contributed by atoms with van der Waals surface area (Å²) >= 11 is 6.09. The van der Waals surface area contributed by atoms with E-state index in [4.69, 9.17) is 21.1 Å². The van der Waals surface area contributed by atoms with Crippen LogP contribution in [0.4, 0.5) is 10.5 Å². The molecule has 0 spiro atoms. The maximum atomic E-state index is 13.0. The van der Waals surface area contributed by atoms with Gasteiger partial charge in [-0.15, -0.1) is 5.10 Å². The Morgan fingerprint density at radius 1 is 1.15 bits per heavy atom. The molecule has 0 fully saturated rings. The van der Waals surface area contributed by atoms with Crippen molar-refractivity contribution in [1.82, 2.24) is 30.2 Å². The van der Waals surface area contributed by atoms with Gasteiger partial charge in [0.15, 0.2) is 0 Å². The lowest BCUT2D eigenvalue weighted by molar-refractivity contribution is -0.136. The van der Waals surface area contributed by atoms with Crippen LogP contribution in [0.15, 0.2) is 72.2 Å². The fraction of sp³-hybridized carbons (Fsp3) is 0.222. The van der Waals surface area contributed by atoms with Gasteiger partial charge in [-0.05, 0) is 42.0 Å². The zero-order valence-corrected chi connectivity index (χ0v) is 22.3. The number of fused-ring (bicyclic) bond motifs is 1. The van der Waals surface area contributed by atoms with E-state index in [0.29, 0.717) is 39.8 Å². The number of hydrogen-bond acceptors (Lipinski definition) is 8. The van der Waals surface area contributed by atoms with Crippen molar-refractivity contribution >= 4 is 40.2 Å². The number of methoxy groups -OCH3 is 2. The third kappa shape index (κ3) is 5.34. The van der Waals surface area contributed by atoms with Gasteiger partial charge in [-0.25, -0.2) is 14.3 Å². The molecule has 4 aromatic rings. The predicted octanol–water partition coefficient (Wildman–Crippen LogP) is 3.92. The molecule has 0 saturated carbocycles. The second kappa shape index (κ2) is 11.0. The van der Waals surface area contributed by atoms with E-state index in [2.05, 4.69) is 25.9 Å². The maximum Gasteiger partial charge on any atom is 0.338 e. The van der Waals surface area contributed by atoms with Crippen molar-refractivity contribution < 1.29 is 19.1 Å². The molecule has 5 rings (SSSR count). The van der Waals surface area contributed by atoms with Crippen LogP contribution in [-0.4, -0.2) is 58.1 Å². The number of aromatic nitrogens is 4. The van der Waals surface area contributed by atoms with Gasteiger partial charge in [-0.3, -0.25) is 9.88 Å². The fourth-order valence-electron chi connectivity index (χ4n) is 4.46. The van der Waals surface area contributed by atoms with Gasteiger partial charge in [-0.1, -0.05) is 28.9 Å². The van der Waals surface area contributed by atoms with Crippen LogP contribution >= 0.6 is 11.6 Å². The quantitative estimate of drug-likeness (QED) is 0.318. The second-order valence-corrected chi connectivity index (χ2v) is 9.28. The van der Waals surface area contributed by atoms with Crippen LogP contribution < -0.4 is 15.4 Å². The molecule has 3 heterocycles. The van der Waals surface area contributed by atoms with Gasteiger partial charge in [0.25, 0.3) is 0 Å². The number of allylic oxidation sites excluding steroid dienone is 1. The topological polar surface area (TPSA) is 123 Å². The predicted molar refractivity (Wildman–Crippen MR) is 145 cm³/mol. The molecular weight excluding hydrogens is 522 g/mol. The molecule has 1 aliphatic heterocycles. The lowest BCUT2D eigenvalue weighted by Crippen LogP contribution is -2.47. The van der Waals surface area contributed by atoms with E-state index in [9.17, 15) is 9.59 Å². The summed E-state index contributed by atoms with van der Waals surface area (Å²) in [4.78, 5) is 31.6. The number of halogens is 1. The standard InChI is InChI=1S/C27H26ClN7O4/c1-34-23(24(26(36)39-3)25(31-27(34)37)16-4-7-19(38-2)8-5-16)15-35-14-18(32-33-35)13-30-21-10-11-29-22-12-17(28)6-9-20(21)22/h4-12,14,25H,13,15H2,1-3H3,(H,29,30)(H,31,37). The highest BCUT2D eigenvalue weighted by molar-refractivity contribution is 6.31. The number of ether oxygens (including phenoxy) is 2. The number of likely N-dealkylation sites (N-methyl/N-ethyl adjacent to an activating group) is 1. The highest BCUT2D eigenvalue weighted by Gasteiger charge is 2.36. The van der Waals surface area contributed by atoms with E-state index in [-0.39, 0.29) is 12.6 Å². The number of nitrogens with zero attached hydrogens (tertiary/aromatic N) is 5. The number of carbonyl (C=O) groups excluding carboxylic acids is 2. The lowest BCUT2D eigenvalue weighted by Gasteiger charge is -2.34. The summed E-state index contributed by atoms with van der Waals surface area (Å²) in [5.74, 6) is 0.110. The zero-order chi connectivity index (χ0) is 27.5. The van der Waals surface area contributed by atoms with Crippen molar-refractivity contribution in [3.05, 3.63) is 88.5 Å². The molecule has 39 heavy (non-hydrogen) atoms. The normalized spacial score (nSPS) is 15.3. The SMILES string of the molecule is COC(=O)C1=C(Cn2cc(CNc3ccnc4cc(Cl)ccc34)nn2)N(C)C(=O)NC1c1ccc(OC)cc1. The molecule has 1 unspecified atom stereocenters. The van der Waals surface area contributed by atoms with E-state index in [1.54, 1.807) is 61.6 Å². The molecule has 2 N–H and O–H groups in total. The molecule has 0 aliphatic carbocycles. The smallest absolute Gasteiger partial charge is 0.338 e. The number of hydrogen-bond donors (Lipinski definition) is 2. The summed E-state index contributed by atoms with van der Waals surface area (Å²) in [6, 6.07) is 13.5. The van der Waals surface area contributed by atoms with Crippen molar-refractivity contribution in [2.75, 3.05) is 26.6 Å². The Kier molecular flexibility index (Phi) is 7.33. The van der Waals surface area contributed by atoms with E-state index < -0.39 is 12.0 Å². The molecule has 2 amide bonds. The first-order valence-electron chi connectivity index (χ1n) is 12.0. The van der Waals surface area contributed by atoms with Crippen LogP contribution in [0, 0.1) is 0 Å². The largest absolute Gasteiger partial charge is 0.497 e. The Morgan fingerprint density at radius 2 is 1.95 bits per heavy atom. The number of rotatable bonds is 8. The number of urea groups is 1. The molecule has 11 nitrogen and oxygen atoms in total. The Bertz CT molecular complexity index is 1570. The molecule has 1 atom stereocenters.